The van der Waals surface area contributed by atoms with E-state index in [-0.39, 0.29) is 0 Å². The van der Waals surface area contributed by atoms with Crippen molar-refractivity contribution in [3.05, 3.63) is 47.8 Å². The highest BCUT2D eigenvalue weighted by Crippen LogP contribution is 2.16. The van der Waals surface area contributed by atoms with Gasteiger partial charge in [0.05, 0.1) is 0 Å². The summed E-state index contributed by atoms with van der Waals surface area (Å²) in [5, 5.41) is 8.33. The lowest BCUT2D eigenvalue weighted by molar-refractivity contribution is 1.03. The van der Waals surface area contributed by atoms with E-state index in [1.54, 1.807) is 6.20 Å². The molecule has 3 heterocycles. The summed E-state index contributed by atoms with van der Waals surface area (Å²) in [4.78, 5) is 4.36. The lowest BCUT2D eigenvalue weighted by Crippen LogP contribution is -1.98. The zero-order chi connectivity index (χ0) is 12.5. The average Bonchev–Trinajstić information content (AvgIpc) is 2.81. The zero-order valence-electron chi connectivity index (χ0n) is 10.0. The summed E-state index contributed by atoms with van der Waals surface area (Å²) >= 11 is 0. The molecule has 3 aromatic rings. The van der Waals surface area contributed by atoms with Crippen LogP contribution in [-0.4, -0.2) is 19.6 Å². The number of pyridine rings is 2. The smallest absolute Gasteiger partial charge is 0.186 e. The van der Waals surface area contributed by atoms with E-state index in [1.165, 1.54) is 0 Å². The van der Waals surface area contributed by atoms with Crippen LogP contribution < -0.4 is 5.73 Å². The van der Waals surface area contributed by atoms with Crippen LogP contribution in [0.15, 0.2) is 36.7 Å². The molecule has 0 aliphatic heterocycles. The van der Waals surface area contributed by atoms with Crippen LogP contribution in [0.1, 0.15) is 11.1 Å². The Morgan fingerprint density at radius 1 is 1.22 bits per heavy atom. The first-order valence-electron chi connectivity index (χ1n) is 5.74. The Bertz CT molecular complexity index is 684. The lowest BCUT2D eigenvalue weighted by atomic mass is 10.2. The highest BCUT2D eigenvalue weighted by atomic mass is 15.2. The largest absolute Gasteiger partial charge is 0.326 e. The van der Waals surface area contributed by atoms with Crippen LogP contribution in [0.4, 0.5) is 0 Å². The van der Waals surface area contributed by atoms with Crippen molar-refractivity contribution < 1.29 is 0 Å². The summed E-state index contributed by atoms with van der Waals surface area (Å²) in [6.45, 7) is 2.52. The number of nitrogens with zero attached hydrogens (tertiary/aromatic N) is 4. The predicted octanol–water partition coefficient (Wildman–Crippen LogP) is 1.56. The van der Waals surface area contributed by atoms with Gasteiger partial charge in [0.15, 0.2) is 11.5 Å². The molecule has 0 aliphatic carbocycles. The van der Waals surface area contributed by atoms with Gasteiger partial charge in [0.1, 0.15) is 5.69 Å². The van der Waals surface area contributed by atoms with Crippen molar-refractivity contribution in [2.45, 2.75) is 13.5 Å². The van der Waals surface area contributed by atoms with Gasteiger partial charge in [-0.25, -0.2) is 0 Å². The zero-order valence-corrected chi connectivity index (χ0v) is 10.0. The first-order chi connectivity index (χ1) is 8.78. The SMILES string of the molecule is Cc1ccn2c(-c3ccc(CN)cn3)nnc2c1. The maximum absolute atomic E-state index is 5.55. The van der Waals surface area contributed by atoms with Gasteiger partial charge < -0.3 is 5.73 Å². The molecule has 0 amide bonds. The molecule has 0 saturated heterocycles. The van der Waals surface area contributed by atoms with Crippen molar-refractivity contribution in [1.29, 1.82) is 0 Å². The van der Waals surface area contributed by atoms with E-state index in [0.29, 0.717) is 6.54 Å². The number of nitrogens with two attached hydrogens (primary N) is 1. The monoisotopic (exact) mass is 239 g/mol. The summed E-state index contributed by atoms with van der Waals surface area (Å²) < 4.78 is 1.93. The molecule has 3 rings (SSSR count). The van der Waals surface area contributed by atoms with Crippen LogP contribution in [0.25, 0.3) is 17.2 Å². The normalized spacial score (nSPS) is 11.0. The third kappa shape index (κ3) is 1.74. The average molecular weight is 239 g/mol. The van der Waals surface area contributed by atoms with Crippen LogP contribution in [0.5, 0.6) is 0 Å². The van der Waals surface area contributed by atoms with Crippen molar-refractivity contribution >= 4 is 5.65 Å². The fraction of sp³-hybridized carbons (Fsp3) is 0.154. The molecule has 5 heteroatoms. The molecule has 2 N–H and O–H groups in total. The van der Waals surface area contributed by atoms with Gasteiger partial charge in [0, 0.05) is 18.9 Å². The number of fused-ring (bicyclic) bond motifs is 1. The Kier molecular flexibility index (Phi) is 2.53. The van der Waals surface area contributed by atoms with Gasteiger partial charge in [0.2, 0.25) is 0 Å². The molecule has 0 saturated carbocycles. The first kappa shape index (κ1) is 10.9. The highest BCUT2D eigenvalue weighted by Gasteiger charge is 2.08. The van der Waals surface area contributed by atoms with Crippen LogP contribution in [0.2, 0.25) is 0 Å². The highest BCUT2D eigenvalue weighted by molar-refractivity contribution is 5.55. The van der Waals surface area contributed by atoms with E-state index in [9.17, 15) is 0 Å². The number of aromatic nitrogens is 4. The summed E-state index contributed by atoms with van der Waals surface area (Å²) in [6.07, 6.45) is 3.73. The molecule has 0 spiro atoms. The quantitative estimate of drug-likeness (QED) is 0.736. The third-order valence-corrected chi connectivity index (χ3v) is 2.85. The van der Waals surface area contributed by atoms with Crippen LogP contribution in [0, 0.1) is 6.92 Å². The summed E-state index contributed by atoms with van der Waals surface area (Å²) in [5.74, 6) is 0.744. The minimum atomic E-state index is 0.493. The molecule has 18 heavy (non-hydrogen) atoms. The molecule has 0 atom stereocenters. The third-order valence-electron chi connectivity index (χ3n) is 2.85. The maximum Gasteiger partial charge on any atom is 0.186 e. The standard InChI is InChI=1S/C13H13N5/c1-9-4-5-18-12(6-9)16-17-13(18)11-3-2-10(7-14)8-15-11/h2-6,8H,7,14H2,1H3. The minimum Gasteiger partial charge on any atom is -0.326 e. The first-order valence-corrected chi connectivity index (χ1v) is 5.74. The number of aryl methyl sites for hydroxylation is 1. The molecule has 0 fully saturated rings. The Morgan fingerprint density at radius 2 is 2.11 bits per heavy atom. The molecule has 90 valence electrons. The number of hydrogen-bond acceptors (Lipinski definition) is 4. The molecular weight excluding hydrogens is 226 g/mol. The van der Waals surface area contributed by atoms with Gasteiger partial charge in [-0.3, -0.25) is 9.38 Å². The van der Waals surface area contributed by atoms with Gasteiger partial charge in [-0.15, -0.1) is 10.2 Å². The number of hydrogen-bond donors (Lipinski definition) is 1. The second-order valence-electron chi connectivity index (χ2n) is 4.21. The number of rotatable bonds is 2. The van der Waals surface area contributed by atoms with Gasteiger partial charge in [-0.2, -0.15) is 0 Å². The second-order valence-corrected chi connectivity index (χ2v) is 4.21. The van der Waals surface area contributed by atoms with Crippen LogP contribution in [0.3, 0.4) is 0 Å². The second kappa shape index (κ2) is 4.19. The van der Waals surface area contributed by atoms with Crippen molar-refractivity contribution in [3.63, 3.8) is 0 Å². The minimum absolute atomic E-state index is 0.493. The Balaban J connectivity index is 2.13. The summed E-state index contributed by atoms with van der Waals surface area (Å²) in [7, 11) is 0. The molecular formula is C13H13N5. The molecule has 0 unspecified atom stereocenters. The van der Waals surface area contributed by atoms with E-state index < -0.39 is 0 Å². The van der Waals surface area contributed by atoms with Gasteiger partial charge in [-0.1, -0.05) is 6.07 Å². The van der Waals surface area contributed by atoms with Gasteiger partial charge >= 0.3 is 0 Å². The Morgan fingerprint density at radius 3 is 2.83 bits per heavy atom. The van der Waals surface area contributed by atoms with E-state index in [1.807, 2.05) is 41.8 Å². The van der Waals surface area contributed by atoms with E-state index in [2.05, 4.69) is 15.2 Å². The lowest BCUT2D eigenvalue weighted by Gasteiger charge is -2.01. The maximum atomic E-state index is 5.55. The van der Waals surface area contributed by atoms with E-state index in [4.69, 9.17) is 5.73 Å². The summed E-state index contributed by atoms with van der Waals surface area (Å²) in [6, 6.07) is 7.88. The Labute approximate surface area is 104 Å². The molecule has 0 aliphatic rings. The molecule has 5 nitrogen and oxygen atoms in total. The van der Waals surface area contributed by atoms with Gasteiger partial charge in [-0.05, 0) is 36.2 Å². The topological polar surface area (TPSA) is 69.1 Å². The molecule has 0 aromatic carbocycles. The van der Waals surface area contributed by atoms with E-state index in [0.717, 1.165) is 28.3 Å². The van der Waals surface area contributed by atoms with Crippen molar-refractivity contribution in [1.82, 2.24) is 19.6 Å². The van der Waals surface area contributed by atoms with Crippen molar-refractivity contribution in [3.8, 4) is 11.5 Å². The molecule has 3 aromatic heterocycles. The van der Waals surface area contributed by atoms with Crippen molar-refractivity contribution in [2.24, 2.45) is 5.73 Å². The summed E-state index contributed by atoms with van der Waals surface area (Å²) in [5.41, 5.74) is 9.34. The van der Waals surface area contributed by atoms with Crippen LogP contribution >= 0.6 is 0 Å². The Hall–Kier alpha value is -2.27. The molecule has 0 radical (unpaired) electrons. The van der Waals surface area contributed by atoms with Gasteiger partial charge in [0.25, 0.3) is 0 Å². The van der Waals surface area contributed by atoms with Crippen molar-refractivity contribution in [2.75, 3.05) is 0 Å². The predicted molar refractivity (Wildman–Crippen MR) is 68.8 cm³/mol. The van der Waals surface area contributed by atoms with E-state index >= 15 is 0 Å². The molecule has 0 bridgehead atoms. The van der Waals surface area contributed by atoms with Crippen LogP contribution in [-0.2, 0) is 6.54 Å². The fourth-order valence-electron chi connectivity index (χ4n) is 1.84. The fourth-order valence-corrected chi connectivity index (χ4v) is 1.84.